The summed E-state index contributed by atoms with van der Waals surface area (Å²) in [6.45, 7) is 8.76. The number of carbonyl (C=O) groups is 1. The number of anilines is 1. The molecule has 0 spiro atoms. The fourth-order valence-corrected chi connectivity index (χ4v) is 3.42. The van der Waals surface area contributed by atoms with Gasteiger partial charge < -0.3 is 14.6 Å². The molecular weight excluding hydrogens is 340 g/mol. The van der Waals surface area contributed by atoms with Crippen LogP contribution in [0.2, 0.25) is 0 Å². The number of aromatic nitrogens is 1. The predicted octanol–water partition coefficient (Wildman–Crippen LogP) is 3.11. The third-order valence-corrected chi connectivity index (χ3v) is 4.79. The number of furan rings is 1. The fraction of sp³-hybridized carbons (Fsp3) is 0.524. The summed E-state index contributed by atoms with van der Waals surface area (Å²) in [5, 5.41) is 3.35. The van der Waals surface area contributed by atoms with Gasteiger partial charge in [0.2, 0.25) is 0 Å². The maximum Gasteiger partial charge on any atom is 0.257 e. The lowest BCUT2D eigenvalue weighted by atomic mass is 10.0. The molecule has 1 N–H and O–H groups in total. The lowest BCUT2D eigenvalue weighted by molar-refractivity contribution is 0.0828. The quantitative estimate of drug-likeness (QED) is 0.876. The first-order valence-corrected chi connectivity index (χ1v) is 9.62. The molecule has 0 saturated carbocycles. The Morgan fingerprint density at radius 3 is 2.67 bits per heavy atom. The number of aryl methyl sites for hydroxylation is 1. The molecule has 6 nitrogen and oxygen atoms in total. The number of nitrogens with one attached hydrogen (secondary N) is 1. The van der Waals surface area contributed by atoms with Gasteiger partial charge in [-0.15, -0.1) is 0 Å². The normalized spacial score (nSPS) is 14.7. The Balaban J connectivity index is 1.83. The van der Waals surface area contributed by atoms with E-state index in [1.165, 1.54) is 5.56 Å². The molecule has 3 rings (SSSR count). The van der Waals surface area contributed by atoms with Crippen LogP contribution >= 0.6 is 0 Å². The van der Waals surface area contributed by atoms with Gasteiger partial charge in [-0.05, 0) is 51.0 Å². The van der Waals surface area contributed by atoms with Crippen LogP contribution in [0.25, 0.3) is 0 Å². The number of nitrogens with zero attached hydrogens (tertiary/aromatic N) is 3. The molecule has 146 valence electrons. The Kier molecular flexibility index (Phi) is 5.85. The van der Waals surface area contributed by atoms with Crippen molar-refractivity contribution >= 4 is 11.7 Å². The van der Waals surface area contributed by atoms with E-state index < -0.39 is 0 Å². The second-order valence-electron chi connectivity index (χ2n) is 7.78. The standard InChI is InChI=1S/C21H30N4O2/c1-14(2)22-20-18(21(26)24(4)5)12-16-8-10-25(11-9-19(16)23-20)13-17-7-6-15(3)27-17/h6-7,12,14H,8-11,13H2,1-5H3,(H,22,23). The van der Waals surface area contributed by atoms with Gasteiger partial charge in [0.15, 0.2) is 0 Å². The molecule has 27 heavy (non-hydrogen) atoms. The van der Waals surface area contributed by atoms with Crippen molar-refractivity contribution in [2.45, 2.75) is 46.2 Å². The summed E-state index contributed by atoms with van der Waals surface area (Å²) in [6, 6.07) is 6.31. The summed E-state index contributed by atoms with van der Waals surface area (Å²) in [4.78, 5) is 21.5. The highest BCUT2D eigenvalue weighted by atomic mass is 16.3. The molecule has 3 heterocycles. The number of fused-ring (bicyclic) bond motifs is 1. The Bertz CT molecular complexity index is 811. The van der Waals surface area contributed by atoms with Crippen molar-refractivity contribution in [2.24, 2.45) is 0 Å². The average molecular weight is 370 g/mol. The largest absolute Gasteiger partial charge is 0.465 e. The summed E-state index contributed by atoms with van der Waals surface area (Å²) < 4.78 is 5.73. The van der Waals surface area contributed by atoms with Crippen LogP contribution in [-0.2, 0) is 19.4 Å². The SMILES string of the molecule is Cc1ccc(CN2CCc3cc(C(=O)N(C)C)c(NC(C)C)nc3CC2)o1. The number of hydrogen-bond donors (Lipinski definition) is 1. The molecule has 2 aromatic rings. The van der Waals surface area contributed by atoms with Crippen molar-refractivity contribution in [3.05, 3.63) is 46.5 Å². The molecule has 0 unspecified atom stereocenters. The highest BCUT2D eigenvalue weighted by Crippen LogP contribution is 2.24. The summed E-state index contributed by atoms with van der Waals surface area (Å²) in [7, 11) is 3.56. The van der Waals surface area contributed by atoms with Gasteiger partial charge in [0, 0.05) is 45.3 Å². The minimum absolute atomic E-state index is 0.0133. The number of hydrogen-bond acceptors (Lipinski definition) is 5. The zero-order chi connectivity index (χ0) is 19.6. The Hall–Kier alpha value is -2.34. The fourth-order valence-electron chi connectivity index (χ4n) is 3.42. The van der Waals surface area contributed by atoms with Crippen molar-refractivity contribution in [1.82, 2.24) is 14.8 Å². The van der Waals surface area contributed by atoms with Crippen molar-refractivity contribution in [1.29, 1.82) is 0 Å². The molecule has 0 saturated heterocycles. The monoisotopic (exact) mass is 370 g/mol. The molecular formula is C21H30N4O2. The van der Waals surface area contributed by atoms with E-state index in [0.29, 0.717) is 11.4 Å². The van der Waals surface area contributed by atoms with Crippen LogP contribution in [0.15, 0.2) is 22.6 Å². The number of rotatable bonds is 5. The van der Waals surface area contributed by atoms with Crippen LogP contribution in [0.4, 0.5) is 5.82 Å². The number of amides is 1. The van der Waals surface area contributed by atoms with E-state index in [1.807, 2.05) is 25.1 Å². The Morgan fingerprint density at radius 2 is 2.04 bits per heavy atom. The first-order chi connectivity index (χ1) is 12.8. The smallest absolute Gasteiger partial charge is 0.257 e. The minimum Gasteiger partial charge on any atom is -0.465 e. The highest BCUT2D eigenvalue weighted by molar-refractivity contribution is 5.98. The van der Waals surface area contributed by atoms with Gasteiger partial charge in [-0.1, -0.05) is 0 Å². The minimum atomic E-state index is -0.0133. The van der Waals surface area contributed by atoms with Crippen LogP contribution in [0.1, 0.15) is 47.0 Å². The van der Waals surface area contributed by atoms with Gasteiger partial charge in [0.05, 0.1) is 12.1 Å². The molecule has 0 aliphatic carbocycles. The molecule has 1 aliphatic rings. The summed E-state index contributed by atoms with van der Waals surface area (Å²) in [5.41, 5.74) is 2.92. The zero-order valence-electron chi connectivity index (χ0n) is 17.0. The van der Waals surface area contributed by atoms with Gasteiger partial charge in [-0.25, -0.2) is 4.98 Å². The van der Waals surface area contributed by atoms with E-state index in [1.54, 1.807) is 19.0 Å². The highest BCUT2D eigenvalue weighted by Gasteiger charge is 2.22. The van der Waals surface area contributed by atoms with Crippen LogP contribution in [0, 0.1) is 6.92 Å². The molecule has 0 radical (unpaired) electrons. The van der Waals surface area contributed by atoms with Crippen molar-refractivity contribution < 1.29 is 9.21 Å². The van der Waals surface area contributed by atoms with Gasteiger partial charge in [0.1, 0.15) is 17.3 Å². The molecule has 0 aromatic carbocycles. The zero-order valence-corrected chi connectivity index (χ0v) is 17.0. The Morgan fingerprint density at radius 1 is 1.30 bits per heavy atom. The lowest BCUT2D eigenvalue weighted by Crippen LogP contribution is -2.25. The third-order valence-electron chi connectivity index (χ3n) is 4.79. The van der Waals surface area contributed by atoms with Gasteiger partial charge >= 0.3 is 0 Å². The van der Waals surface area contributed by atoms with Crippen molar-refractivity contribution in [3.63, 3.8) is 0 Å². The first kappa shape index (κ1) is 19.4. The van der Waals surface area contributed by atoms with Crippen LogP contribution in [0.5, 0.6) is 0 Å². The van der Waals surface area contributed by atoms with Crippen LogP contribution in [0.3, 0.4) is 0 Å². The topological polar surface area (TPSA) is 61.6 Å². The van der Waals surface area contributed by atoms with Crippen LogP contribution < -0.4 is 5.32 Å². The van der Waals surface area contributed by atoms with Crippen LogP contribution in [-0.4, -0.2) is 53.9 Å². The van der Waals surface area contributed by atoms with Crippen molar-refractivity contribution in [3.8, 4) is 0 Å². The molecule has 2 aromatic heterocycles. The number of carbonyl (C=O) groups excluding carboxylic acids is 1. The second kappa shape index (κ2) is 8.13. The van der Waals surface area contributed by atoms with E-state index in [2.05, 4.69) is 24.1 Å². The molecule has 0 bridgehead atoms. The molecule has 1 aliphatic heterocycles. The molecule has 6 heteroatoms. The lowest BCUT2D eigenvalue weighted by Gasteiger charge is -2.19. The van der Waals surface area contributed by atoms with E-state index in [4.69, 9.17) is 9.40 Å². The van der Waals surface area contributed by atoms with E-state index in [0.717, 1.165) is 49.7 Å². The van der Waals surface area contributed by atoms with Gasteiger partial charge in [0.25, 0.3) is 5.91 Å². The Labute approximate surface area is 161 Å². The summed E-state index contributed by atoms with van der Waals surface area (Å²) in [5.74, 6) is 2.62. The van der Waals surface area contributed by atoms with Crippen molar-refractivity contribution in [2.75, 3.05) is 32.5 Å². The van der Waals surface area contributed by atoms with E-state index >= 15 is 0 Å². The third kappa shape index (κ3) is 4.69. The summed E-state index contributed by atoms with van der Waals surface area (Å²) >= 11 is 0. The average Bonchev–Trinajstić information content (AvgIpc) is 2.91. The molecule has 0 fully saturated rings. The predicted molar refractivity (Wildman–Crippen MR) is 107 cm³/mol. The van der Waals surface area contributed by atoms with E-state index in [9.17, 15) is 4.79 Å². The molecule has 0 atom stereocenters. The first-order valence-electron chi connectivity index (χ1n) is 9.62. The van der Waals surface area contributed by atoms with Gasteiger partial charge in [-0.2, -0.15) is 0 Å². The van der Waals surface area contributed by atoms with E-state index in [-0.39, 0.29) is 11.9 Å². The molecule has 1 amide bonds. The second-order valence-corrected chi connectivity index (χ2v) is 7.78. The van der Waals surface area contributed by atoms with Gasteiger partial charge in [-0.3, -0.25) is 9.69 Å². The number of pyridine rings is 1. The summed E-state index contributed by atoms with van der Waals surface area (Å²) in [6.07, 6.45) is 1.76. The maximum absolute atomic E-state index is 12.6. The maximum atomic E-state index is 12.6.